The number of phosphoric acid groups is 1. The molecule has 1 fully saturated rings. The van der Waals surface area contributed by atoms with Crippen LogP contribution < -0.4 is 0 Å². The fourth-order valence-corrected chi connectivity index (χ4v) is 5.43. The van der Waals surface area contributed by atoms with Crippen LogP contribution in [0.25, 0.3) is 0 Å². The molecule has 0 aromatic heterocycles. The summed E-state index contributed by atoms with van der Waals surface area (Å²) in [7, 11) is -4.77. The molecule has 3 atom stereocenters. The van der Waals surface area contributed by atoms with E-state index in [0.29, 0.717) is 25.0 Å². The minimum Gasteiger partial charge on any atom is -0.462 e. The largest absolute Gasteiger partial charge is 0.469 e. The third kappa shape index (κ3) is 30.3. The highest BCUT2D eigenvalue weighted by atomic mass is 31.2. The SMILES string of the molecule is CC/C=C\C/C=C\C/C=C\C/C=C\CCCCC(=O)OC[C@H](COP(=O)(O)O)OC(=O)CCCCCCC/C=C\CC1OC1CCCCC. The molecule has 0 spiro atoms. The lowest BCUT2D eigenvalue weighted by Crippen LogP contribution is -2.29. The average molecular weight is 709 g/mol. The molecule has 2 unspecified atom stereocenters. The number of rotatable bonds is 32. The first-order chi connectivity index (χ1) is 23.7. The highest BCUT2D eigenvalue weighted by molar-refractivity contribution is 7.46. The van der Waals surface area contributed by atoms with Crippen molar-refractivity contribution in [3.8, 4) is 0 Å². The molecule has 9 nitrogen and oxygen atoms in total. The van der Waals surface area contributed by atoms with Gasteiger partial charge in [0.25, 0.3) is 0 Å². The van der Waals surface area contributed by atoms with E-state index in [2.05, 4.69) is 79.1 Å². The summed E-state index contributed by atoms with van der Waals surface area (Å²) >= 11 is 0. The number of phosphoric ester groups is 1. The van der Waals surface area contributed by atoms with Crippen LogP contribution in [0.4, 0.5) is 0 Å². The van der Waals surface area contributed by atoms with Crippen molar-refractivity contribution in [2.75, 3.05) is 13.2 Å². The van der Waals surface area contributed by atoms with E-state index in [1.807, 2.05) is 0 Å². The number of ether oxygens (including phenoxy) is 3. The molecule has 1 aliphatic heterocycles. The highest BCUT2D eigenvalue weighted by Gasteiger charge is 2.36. The maximum absolute atomic E-state index is 12.4. The Labute approximate surface area is 296 Å². The Morgan fingerprint density at radius 2 is 1.24 bits per heavy atom. The van der Waals surface area contributed by atoms with Gasteiger partial charge in [-0.05, 0) is 77.0 Å². The van der Waals surface area contributed by atoms with Gasteiger partial charge in [0.1, 0.15) is 6.61 Å². The lowest BCUT2D eigenvalue weighted by Gasteiger charge is -2.18. The molecule has 10 heteroatoms. The van der Waals surface area contributed by atoms with Crippen LogP contribution in [-0.2, 0) is 32.9 Å². The molecule has 0 aromatic rings. The van der Waals surface area contributed by atoms with Gasteiger partial charge in [0.15, 0.2) is 6.10 Å². The van der Waals surface area contributed by atoms with Gasteiger partial charge in [0.05, 0.1) is 18.8 Å². The molecule has 1 rings (SSSR count). The van der Waals surface area contributed by atoms with Crippen molar-refractivity contribution in [3.63, 3.8) is 0 Å². The fourth-order valence-electron chi connectivity index (χ4n) is 5.07. The molecule has 0 amide bonds. The van der Waals surface area contributed by atoms with Crippen molar-refractivity contribution in [2.24, 2.45) is 0 Å². The van der Waals surface area contributed by atoms with Crippen LogP contribution in [0, 0.1) is 0 Å². The van der Waals surface area contributed by atoms with E-state index in [1.54, 1.807) is 0 Å². The Morgan fingerprint density at radius 3 is 1.92 bits per heavy atom. The monoisotopic (exact) mass is 708 g/mol. The Morgan fingerprint density at radius 1 is 0.673 bits per heavy atom. The van der Waals surface area contributed by atoms with Gasteiger partial charge >= 0.3 is 19.8 Å². The third-order valence-corrected chi connectivity index (χ3v) is 8.43. The Bertz CT molecular complexity index is 1040. The minimum absolute atomic E-state index is 0.179. The summed E-state index contributed by atoms with van der Waals surface area (Å²) in [5, 5.41) is 0. The molecule has 0 radical (unpaired) electrons. The molecular formula is C39H65O9P. The van der Waals surface area contributed by atoms with Crippen LogP contribution >= 0.6 is 7.82 Å². The third-order valence-electron chi connectivity index (χ3n) is 7.94. The second-order valence-corrected chi connectivity index (χ2v) is 13.8. The average Bonchev–Trinajstić information content (AvgIpc) is 3.82. The van der Waals surface area contributed by atoms with Crippen LogP contribution in [0.2, 0.25) is 0 Å². The number of unbranched alkanes of at least 4 members (excludes halogenated alkanes) is 9. The van der Waals surface area contributed by atoms with Crippen molar-refractivity contribution in [3.05, 3.63) is 60.8 Å². The number of hydrogen-bond acceptors (Lipinski definition) is 7. The number of epoxide rings is 1. The van der Waals surface area contributed by atoms with E-state index >= 15 is 0 Å². The summed E-state index contributed by atoms with van der Waals surface area (Å²) < 4.78 is 32.0. The Hall–Kier alpha value is -2.29. The van der Waals surface area contributed by atoms with Crippen LogP contribution in [0.5, 0.6) is 0 Å². The molecule has 0 aromatic carbocycles. The summed E-state index contributed by atoms with van der Waals surface area (Å²) in [6.45, 7) is 3.46. The van der Waals surface area contributed by atoms with Gasteiger partial charge in [0, 0.05) is 12.8 Å². The maximum Gasteiger partial charge on any atom is 0.469 e. The molecular weight excluding hydrogens is 643 g/mol. The minimum atomic E-state index is -4.77. The van der Waals surface area contributed by atoms with Gasteiger partial charge in [-0.2, -0.15) is 0 Å². The van der Waals surface area contributed by atoms with Gasteiger partial charge in [0.2, 0.25) is 0 Å². The fraction of sp³-hybridized carbons (Fsp3) is 0.692. The summed E-state index contributed by atoms with van der Waals surface area (Å²) in [6, 6.07) is 0. The molecule has 49 heavy (non-hydrogen) atoms. The van der Waals surface area contributed by atoms with E-state index in [4.69, 9.17) is 24.0 Å². The summed E-state index contributed by atoms with van der Waals surface area (Å²) in [5.74, 6) is -0.962. The molecule has 0 aliphatic carbocycles. The molecule has 280 valence electrons. The second-order valence-electron chi connectivity index (χ2n) is 12.6. The topological polar surface area (TPSA) is 132 Å². The molecule has 1 aliphatic rings. The van der Waals surface area contributed by atoms with Crippen molar-refractivity contribution in [1.82, 2.24) is 0 Å². The Kier molecular flexibility index (Phi) is 27.9. The maximum atomic E-state index is 12.4. The molecule has 0 saturated carbocycles. The van der Waals surface area contributed by atoms with Crippen molar-refractivity contribution in [2.45, 2.75) is 161 Å². The first kappa shape index (κ1) is 44.7. The first-order valence-corrected chi connectivity index (χ1v) is 20.2. The van der Waals surface area contributed by atoms with Crippen molar-refractivity contribution < 1.29 is 42.7 Å². The zero-order valence-corrected chi connectivity index (χ0v) is 31.2. The quantitative estimate of drug-likeness (QED) is 0.0230. The molecule has 1 heterocycles. The van der Waals surface area contributed by atoms with Crippen LogP contribution in [0.3, 0.4) is 0 Å². The zero-order valence-electron chi connectivity index (χ0n) is 30.3. The number of allylic oxidation sites excluding steroid dienone is 9. The number of hydrogen-bond donors (Lipinski definition) is 2. The van der Waals surface area contributed by atoms with Gasteiger partial charge in [-0.15, -0.1) is 0 Å². The summed E-state index contributed by atoms with van der Waals surface area (Å²) in [4.78, 5) is 42.7. The van der Waals surface area contributed by atoms with Crippen molar-refractivity contribution in [1.29, 1.82) is 0 Å². The number of carbonyl (C=O) groups is 2. The smallest absolute Gasteiger partial charge is 0.462 e. The van der Waals surface area contributed by atoms with Crippen LogP contribution in [-0.4, -0.2) is 53.3 Å². The summed E-state index contributed by atoms with van der Waals surface area (Å²) in [5.41, 5.74) is 0. The first-order valence-electron chi connectivity index (χ1n) is 18.7. The second kappa shape index (κ2) is 30.5. The van der Waals surface area contributed by atoms with Crippen LogP contribution in [0.1, 0.15) is 142 Å². The standard InChI is InChI=1S/C39H65O9P/c1-3-5-7-8-9-10-11-12-13-14-15-16-20-23-27-31-38(40)45-33-35(34-46-49(42,43)44)47-39(41)32-28-24-21-18-17-19-22-26-30-37-36(48-37)29-25-6-4-2/h5,7,9-10,12-13,15-16,22,26,35-37H,3-4,6,8,11,14,17-21,23-25,27-34H2,1-2H3,(H2,42,43,44)/b7-5-,10-9-,13-12-,16-15-,26-22-/t35-,36?,37?/m1/s1. The number of esters is 2. The zero-order chi connectivity index (χ0) is 35.8. The predicted octanol–water partition coefficient (Wildman–Crippen LogP) is 9.94. The highest BCUT2D eigenvalue weighted by Crippen LogP contribution is 2.36. The van der Waals surface area contributed by atoms with E-state index in [9.17, 15) is 14.2 Å². The van der Waals surface area contributed by atoms with Crippen molar-refractivity contribution >= 4 is 19.8 Å². The van der Waals surface area contributed by atoms with Gasteiger partial charge in [-0.1, -0.05) is 113 Å². The Balaban J connectivity index is 2.14. The number of carbonyl (C=O) groups excluding carboxylic acids is 2. The molecule has 1 saturated heterocycles. The van der Waals surface area contributed by atoms with E-state index in [1.165, 1.54) is 25.7 Å². The van der Waals surface area contributed by atoms with Gasteiger partial charge < -0.3 is 24.0 Å². The lowest BCUT2D eigenvalue weighted by atomic mass is 10.1. The normalized spacial score (nSPS) is 17.3. The van der Waals surface area contributed by atoms with E-state index < -0.39 is 32.5 Å². The predicted molar refractivity (Wildman–Crippen MR) is 197 cm³/mol. The molecule has 2 N–H and O–H groups in total. The van der Waals surface area contributed by atoms with Gasteiger partial charge in [-0.3, -0.25) is 14.1 Å². The van der Waals surface area contributed by atoms with Crippen LogP contribution in [0.15, 0.2) is 60.8 Å². The van der Waals surface area contributed by atoms with E-state index in [0.717, 1.165) is 77.0 Å². The lowest BCUT2D eigenvalue weighted by molar-refractivity contribution is -0.161. The van der Waals surface area contributed by atoms with E-state index in [-0.39, 0.29) is 19.4 Å². The summed E-state index contributed by atoms with van der Waals surface area (Å²) in [6.07, 6.45) is 39.7. The molecule has 0 bridgehead atoms. The van der Waals surface area contributed by atoms with Gasteiger partial charge in [-0.25, -0.2) is 4.57 Å².